The van der Waals surface area contributed by atoms with E-state index in [-0.39, 0.29) is 21.7 Å². The zero-order valence-electron chi connectivity index (χ0n) is 48.4. The van der Waals surface area contributed by atoms with Crippen LogP contribution < -0.4 is 9.80 Å². The van der Waals surface area contributed by atoms with Gasteiger partial charge >= 0.3 is 0 Å². The average molecular weight is 1040 g/mol. The first-order chi connectivity index (χ1) is 38.1. The quantitative estimate of drug-likeness (QED) is 0.0611. The summed E-state index contributed by atoms with van der Waals surface area (Å²) < 4.78 is 5.28. The lowest BCUT2D eigenvalue weighted by atomic mass is 9.79. The molecule has 4 aliphatic heterocycles. The van der Waals surface area contributed by atoms with Crippen LogP contribution in [-0.2, 0) is 21.7 Å². The van der Waals surface area contributed by atoms with Crippen LogP contribution in [0.15, 0.2) is 218 Å². The van der Waals surface area contributed by atoms with Crippen molar-refractivity contribution in [1.29, 1.82) is 0 Å². The number of likely N-dealkylation sites (N-methyl/N-ethyl adjacent to an activating group) is 2. The van der Waals surface area contributed by atoms with Crippen molar-refractivity contribution in [2.75, 3.05) is 37.0 Å². The Balaban J connectivity index is 0.761. The molecule has 0 atom stereocenters. The molecule has 0 spiro atoms. The molecule has 0 aromatic heterocycles. The minimum atomic E-state index is -0.159. The monoisotopic (exact) mass is 1030 g/mol. The van der Waals surface area contributed by atoms with Gasteiger partial charge < -0.3 is 9.80 Å². The molecular weight excluding hydrogens is 957 g/mol. The summed E-state index contributed by atoms with van der Waals surface area (Å²) in [6, 6.07) is 54.0. The maximum absolute atomic E-state index is 2.64. The van der Waals surface area contributed by atoms with Gasteiger partial charge in [0.25, 0.3) is 0 Å². The molecule has 0 N–H and O–H groups in total. The highest BCUT2D eigenvalue weighted by molar-refractivity contribution is 6.09. The van der Waals surface area contributed by atoms with E-state index in [1.54, 1.807) is 0 Å². The molecule has 0 radical (unpaired) electrons. The van der Waals surface area contributed by atoms with Gasteiger partial charge in [0.2, 0.25) is 11.4 Å². The first-order valence-corrected chi connectivity index (χ1v) is 29.1. The first-order valence-electron chi connectivity index (χ1n) is 29.1. The van der Waals surface area contributed by atoms with Gasteiger partial charge in [0.05, 0.1) is 10.8 Å². The summed E-state index contributed by atoms with van der Waals surface area (Å²) in [6.07, 6.45) is 28.6. The molecule has 0 bridgehead atoms. The molecule has 0 saturated carbocycles. The number of fused-ring (bicyclic) bond motifs is 12. The van der Waals surface area contributed by atoms with Gasteiger partial charge in [-0.3, -0.25) is 0 Å². The molecule has 0 saturated heterocycles. The fourth-order valence-electron chi connectivity index (χ4n) is 14.7. The van der Waals surface area contributed by atoms with Crippen molar-refractivity contribution in [2.45, 2.75) is 109 Å². The third kappa shape index (κ3) is 8.65. The van der Waals surface area contributed by atoms with Crippen molar-refractivity contribution in [3.8, 4) is 0 Å². The number of hydrogen-bond donors (Lipinski definition) is 0. The minimum Gasteiger partial charge on any atom is -0.347 e. The van der Waals surface area contributed by atoms with E-state index >= 15 is 0 Å². The van der Waals surface area contributed by atoms with Gasteiger partial charge in [0, 0.05) is 95.9 Å². The maximum Gasteiger partial charge on any atom is 0.210 e. The van der Waals surface area contributed by atoms with Crippen molar-refractivity contribution in [3.63, 3.8) is 0 Å². The first kappa shape index (κ1) is 51.9. The molecule has 79 heavy (non-hydrogen) atoms. The van der Waals surface area contributed by atoms with Crippen LogP contribution in [0, 0.1) is 0 Å². The molecular formula is C75H78N4+2. The van der Waals surface area contributed by atoms with Crippen LogP contribution in [0.3, 0.4) is 0 Å². The zero-order valence-corrected chi connectivity index (χ0v) is 48.4. The molecule has 4 nitrogen and oxygen atoms in total. The second-order valence-corrected chi connectivity index (χ2v) is 24.7. The Morgan fingerprint density at radius 1 is 0.380 bits per heavy atom. The Morgan fingerprint density at radius 2 is 0.772 bits per heavy atom. The van der Waals surface area contributed by atoms with Gasteiger partial charge in [-0.15, -0.1) is 0 Å². The van der Waals surface area contributed by atoms with Crippen molar-refractivity contribution in [3.05, 3.63) is 240 Å². The van der Waals surface area contributed by atoms with Gasteiger partial charge in [0.15, 0.2) is 11.4 Å². The number of anilines is 2. The normalized spacial score (nSPS) is 19.0. The lowest BCUT2D eigenvalue weighted by Crippen LogP contribution is -2.28. The lowest BCUT2D eigenvalue weighted by molar-refractivity contribution is -0.440. The number of rotatable bonds is 14. The summed E-state index contributed by atoms with van der Waals surface area (Å²) in [5.41, 5.74) is 15.9. The van der Waals surface area contributed by atoms with E-state index in [1.165, 1.54) is 124 Å². The Hall–Kier alpha value is -7.82. The van der Waals surface area contributed by atoms with E-state index < -0.39 is 0 Å². The summed E-state index contributed by atoms with van der Waals surface area (Å²) in [5.74, 6) is 0. The number of allylic oxidation sites excluding steroid dienone is 12. The summed E-state index contributed by atoms with van der Waals surface area (Å²) in [7, 11) is 4.44. The molecule has 8 aromatic carbocycles. The van der Waals surface area contributed by atoms with E-state index in [4.69, 9.17) is 0 Å². The highest BCUT2D eigenvalue weighted by Gasteiger charge is 2.47. The molecule has 4 heterocycles. The highest BCUT2D eigenvalue weighted by atomic mass is 15.2. The molecule has 396 valence electrons. The van der Waals surface area contributed by atoms with E-state index in [2.05, 4.69) is 295 Å². The Kier molecular flexibility index (Phi) is 13.2. The van der Waals surface area contributed by atoms with E-state index in [1.807, 2.05) is 0 Å². The van der Waals surface area contributed by atoms with Crippen LogP contribution >= 0.6 is 0 Å². The van der Waals surface area contributed by atoms with Gasteiger partial charge in [-0.25, -0.2) is 0 Å². The number of benzene rings is 8. The van der Waals surface area contributed by atoms with Crippen molar-refractivity contribution < 1.29 is 9.15 Å². The fraction of sp³-hybridized carbons (Fsp3) is 0.280. The molecule has 0 fully saturated rings. The topological polar surface area (TPSA) is 12.5 Å². The molecule has 0 amide bonds. The van der Waals surface area contributed by atoms with Gasteiger partial charge in [0.1, 0.15) is 13.1 Å². The summed E-state index contributed by atoms with van der Waals surface area (Å²) in [6.45, 7) is 21.2. The molecule has 4 aliphatic rings. The molecule has 0 unspecified atom stereocenters. The number of hydrogen-bond acceptors (Lipinski definition) is 2. The molecule has 8 aromatic rings. The van der Waals surface area contributed by atoms with Gasteiger partial charge in [-0.1, -0.05) is 179 Å². The SMILES string of the molecule is CN1C(=CC=CC=CC2=[N+](CCCCCC[N+]3=C(C=CC=CCC=C4N(C)c5ccc6ccccc6c5C4(C)C)C(C)(C)c4c3ccc3ccccc43)c3ccc4ccccc4c3C2(C)C)C(C)(C)c2c1ccc1ccccc21. The van der Waals surface area contributed by atoms with Crippen molar-refractivity contribution in [1.82, 2.24) is 0 Å². The number of unbranched alkanes of at least 4 members (excludes halogenated alkanes) is 3. The zero-order chi connectivity index (χ0) is 54.8. The van der Waals surface area contributed by atoms with Crippen LogP contribution in [-0.4, -0.2) is 47.8 Å². The summed E-state index contributed by atoms with van der Waals surface area (Å²) >= 11 is 0. The summed E-state index contributed by atoms with van der Waals surface area (Å²) in [4.78, 5) is 4.78. The molecule has 4 heteroatoms. The standard InChI is InChI=1S/C75H78N4/c1-72(2)64(76(9)60-46-42-52-30-20-24-34-56(52)68(60)72)38-16-11-12-17-40-66-74(5,6)70-58-36-26-22-32-54(58)44-48-62(70)78(66)50-28-13-14-29-51-79-63-49-45-55-33-23-27-37-59(55)71(63)75(7,8)67(79)41-19-15-18-39-65-73(3,4)69-57-35-25-21-31-53(57)43-47-61(69)77(65)10/h11-12,15,17-27,30-49H,13-14,16,28-29,50-51H2,1-10H3/q+2. The summed E-state index contributed by atoms with van der Waals surface area (Å²) in [5, 5.41) is 10.6. The van der Waals surface area contributed by atoms with E-state index in [0.717, 1.165) is 32.4 Å². The molecule has 0 aliphatic carbocycles. The predicted octanol–water partition coefficient (Wildman–Crippen LogP) is 18.6. The van der Waals surface area contributed by atoms with E-state index in [9.17, 15) is 0 Å². The minimum absolute atomic E-state index is 0.0786. The van der Waals surface area contributed by atoms with Crippen LogP contribution in [0.5, 0.6) is 0 Å². The maximum atomic E-state index is 2.64. The predicted molar refractivity (Wildman–Crippen MR) is 340 cm³/mol. The smallest absolute Gasteiger partial charge is 0.210 e. The Morgan fingerprint density at radius 3 is 1.24 bits per heavy atom. The Labute approximate surface area is 470 Å². The van der Waals surface area contributed by atoms with E-state index in [0.29, 0.717) is 0 Å². The van der Waals surface area contributed by atoms with Crippen LogP contribution in [0.4, 0.5) is 22.7 Å². The average Bonchev–Trinajstić information content (AvgIpc) is 4.22. The second-order valence-electron chi connectivity index (χ2n) is 24.7. The van der Waals surface area contributed by atoms with Crippen LogP contribution in [0.25, 0.3) is 43.1 Å². The lowest BCUT2D eigenvalue weighted by Gasteiger charge is -2.24. The fourth-order valence-corrected chi connectivity index (χ4v) is 14.7. The van der Waals surface area contributed by atoms with Crippen molar-refractivity contribution >= 4 is 77.3 Å². The van der Waals surface area contributed by atoms with Gasteiger partial charge in [-0.05, 0) is 132 Å². The highest BCUT2D eigenvalue weighted by Crippen LogP contribution is 2.52. The third-order valence-corrected chi connectivity index (χ3v) is 18.5. The van der Waals surface area contributed by atoms with Crippen LogP contribution in [0.2, 0.25) is 0 Å². The number of nitrogens with zero attached hydrogens (tertiary/aromatic N) is 4. The largest absolute Gasteiger partial charge is 0.347 e. The van der Waals surface area contributed by atoms with Crippen molar-refractivity contribution in [2.24, 2.45) is 0 Å². The van der Waals surface area contributed by atoms with Crippen LogP contribution in [0.1, 0.15) is 110 Å². The Bertz CT molecular complexity index is 4020. The second kappa shape index (κ2) is 20.1. The molecule has 12 rings (SSSR count). The van der Waals surface area contributed by atoms with Gasteiger partial charge in [-0.2, -0.15) is 9.15 Å². The third-order valence-electron chi connectivity index (χ3n) is 18.5.